The molecule has 0 bridgehead atoms. The second-order valence-electron chi connectivity index (χ2n) is 8.37. The van der Waals surface area contributed by atoms with Gasteiger partial charge in [-0.25, -0.2) is 0 Å². The summed E-state index contributed by atoms with van der Waals surface area (Å²) < 4.78 is 31.0. The summed E-state index contributed by atoms with van der Waals surface area (Å²) in [4.78, 5) is -0.0457. The molecule has 1 N–H and O–H groups in total. The van der Waals surface area contributed by atoms with Gasteiger partial charge in [0.2, 0.25) is 0 Å². The smallest absolute Gasteiger partial charge is 0.282 e. The first kappa shape index (κ1) is 26.1. The van der Waals surface area contributed by atoms with Crippen LogP contribution < -0.4 is 0 Å². The Hall–Kier alpha value is -2.17. The third kappa shape index (κ3) is 9.97. The number of fused-ring (bicyclic) bond motifs is 1. The fraction of sp³-hybridized carbons (Fsp3) is 0.429. The molecule has 0 saturated heterocycles. The first-order valence-corrected chi connectivity index (χ1v) is 13.5. The minimum Gasteiger partial charge on any atom is -0.282 e. The van der Waals surface area contributed by atoms with Gasteiger partial charge in [0, 0.05) is 5.39 Å². The summed E-state index contributed by atoms with van der Waals surface area (Å²) in [6.07, 6.45) is 15.5. The Morgan fingerprint density at radius 2 is 1.16 bits per heavy atom. The Bertz CT molecular complexity index is 992. The van der Waals surface area contributed by atoms with E-state index in [0.717, 1.165) is 5.39 Å². The second-order valence-corrected chi connectivity index (χ2v) is 9.76. The van der Waals surface area contributed by atoms with Crippen LogP contribution in [0.1, 0.15) is 76.7 Å². The molecule has 3 nitrogen and oxygen atoms in total. The van der Waals surface area contributed by atoms with Crippen molar-refractivity contribution >= 4 is 20.9 Å². The van der Waals surface area contributed by atoms with Crippen molar-refractivity contribution in [3.05, 3.63) is 78.4 Å². The van der Waals surface area contributed by atoms with Crippen molar-refractivity contribution in [1.82, 2.24) is 0 Å². The van der Waals surface area contributed by atoms with E-state index in [1.165, 1.54) is 82.3 Å². The Balaban J connectivity index is 0.000000233. The van der Waals surface area contributed by atoms with Crippen LogP contribution in [0.5, 0.6) is 0 Å². The van der Waals surface area contributed by atoms with Gasteiger partial charge < -0.3 is 0 Å². The summed E-state index contributed by atoms with van der Waals surface area (Å²) in [6, 6.07) is 22.7. The highest BCUT2D eigenvalue weighted by Crippen LogP contribution is 2.22. The molecule has 0 aliphatic heterocycles. The quantitative estimate of drug-likeness (QED) is 0.221. The van der Waals surface area contributed by atoms with Gasteiger partial charge in [-0.05, 0) is 29.9 Å². The molecule has 0 heterocycles. The summed E-state index contributed by atoms with van der Waals surface area (Å²) in [6.45, 7) is 2.28. The maximum absolute atomic E-state index is 11.0. The second kappa shape index (κ2) is 14.8. The average Bonchev–Trinajstić information content (AvgIpc) is 2.80. The molecule has 0 unspecified atom stereocenters. The van der Waals surface area contributed by atoms with Crippen molar-refractivity contribution in [1.29, 1.82) is 0 Å². The number of rotatable bonds is 12. The highest BCUT2D eigenvalue weighted by Gasteiger charge is 2.12. The molecular formula is C28H38O3S. The fourth-order valence-corrected chi connectivity index (χ4v) is 4.60. The number of hydrogen-bond acceptors (Lipinski definition) is 2. The first-order chi connectivity index (χ1) is 15.5. The third-order valence-corrected chi connectivity index (χ3v) is 6.60. The van der Waals surface area contributed by atoms with E-state index in [1.807, 2.05) is 6.07 Å². The molecule has 3 aromatic rings. The van der Waals surface area contributed by atoms with Crippen molar-refractivity contribution in [2.45, 2.75) is 82.4 Å². The zero-order chi connectivity index (χ0) is 23.1. The van der Waals surface area contributed by atoms with Crippen LogP contribution in [0.2, 0.25) is 0 Å². The summed E-state index contributed by atoms with van der Waals surface area (Å²) in [5.41, 5.74) is 1.50. The van der Waals surface area contributed by atoms with E-state index in [4.69, 9.17) is 4.55 Å². The van der Waals surface area contributed by atoms with Crippen molar-refractivity contribution < 1.29 is 13.0 Å². The standard InChI is InChI=1S/C18H30.C10H8O3S/c1-2-3-4-5-6-7-8-9-10-12-15-18-16-13-11-14-17-18;11-14(12,13)10-7-3-5-8-4-1-2-6-9(8)10/h11,13-14,16-17H,2-10,12,15H2,1H3;1-7H,(H,11,12,13). The van der Waals surface area contributed by atoms with E-state index in [9.17, 15) is 8.42 Å². The molecule has 0 saturated carbocycles. The lowest BCUT2D eigenvalue weighted by atomic mass is 10.0. The largest absolute Gasteiger partial charge is 0.295 e. The minimum atomic E-state index is -4.13. The molecule has 0 aliphatic rings. The van der Waals surface area contributed by atoms with Crippen LogP contribution in [0.15, 0.2) is 77.7 Å². The molecule has 3 rings (SSSR count). The topological polar surface area (TPSA) is 54.4 Å². The van der Waals surface area contributed by atoms with E-state index in [-0.39, 0.29) is 4.90 Å². The zero-order valence-electron chi connectivity index (χ0n) is 19.4. The van der Waals surface area contributed by atoms with Crippen LogP contribution >= 0.6 is 0 Å². The molecule has 32 heavy (non-hydrogen) atoms. The van der Waals surface area contributed by atoms with Gasteiger partial charge in [0.15, 0.2) is 0 Å². The van der Waals surface area contributed by atoms with Crippen LogP contribution in [-0.2, 0) is 16.5 Å². The predicted molar refractivity (Wildman–Crippen MR) is 136 cm³/mol. The molecule has 0 spiro atoms. The van der Waals surface area contributed by atoms with Gasteiger partial charge in [-0.1, -0.05) is 131 Å². The molecule has 4 heteroatoms. The van der Waals surface area contributed by atoms with Crippen LogP contribution in [-0.4, -0.2) is 13.0 Å². The molecule has 3 aromatic carbocycles. The molecule has 0 amide bonds. The van der Waals surface area contributed by atoms with Crippen molar-refractivity contribution in [3.8, 4) is 0 Å². The number of aryl methyl sites for hydroxylation is 1. The van der Waals surface area contributed by atoms with Crippen molar-refractivity contribution in [3.63, 3.8) is 0 Å². The van der Waals surface area contributed by atoms with E-state index in [2.05, 4.69) is 37.3 Å². The lowest BCUT2D eigenvalue weighted by molar-refractivity contribution is 0.484. The number of unbranched alkanes of at least 4 members (excludes halogenated alkanes) is 9. The highest BCUT2D eigenvalue weighted by molar-refractivity contribution is 7.86. The number of hydrogen-bond donors (Lipinski definition) is 1. The molecule has 0 aliphatic carbocycles. The Morgan fingerprint density at radius 3 is 1.78 bits per heavy atom. The predicted octanol–water partition coefficient (Wildman–Crippen LogP) is 8.24. The van der Waals surface area contributed by atoms with Gasteiger partial charge in [-0.15, -0.1) is 0 Å². The monoisotopic (exact) mass is 454 g/mol. The lowest BCUT2D eigenvalue weighted by Gasteiger charge is -2.03. The van der Waals surface area contributed by atoms with Gasteiger partial charge in [0.1, 0.15) is 4.90 Å². The normalized spacial score (nSPS) is 11.2. The minimum absolute atomic E-state index is 0.0457. The van der Waals surface area contributed by atoms with Gasteiger partial charge >= 0.3 is 0 Å². The van der Waals surface area contributed by atoms with E-state index >= 15 is 0 Å². The highest BCUT2D eigenvalue weighted by atomic mass is 32.2. The van der Waals surface area contributed by atoms with Crippen LogP contribution in [0.25, 0.3) is 10.8 Å². The first-order valence-electron chi connectivity index (χ1n) is 12.0. The average molecular weight is 455 g/mol. The molecule has 0 fully saturated rings. The van der Waals surface area contributed by atoms with Gasteiger partial charge in [0.25, 0.3) is 10.1 Å². The summed E-state index contributed by atoms with van der Waals surface area (Å²) in [5.74, 6) is 0. The molecule has 0 aromatic heterocycles. The molecule has 0 atom stereocenters. The van der Waals surface area contributed by atoms with Gasteiger partial charge in [-0.3, -0.25) is 4.55 Å². The Kier molecular flexibility index (Phi) is 12.1. The van der Waals surface area contributed by atoms with Gasteiger partial charge in [0.05, 0.1) is 0 Å². The third-order valence-electron chi connectivity index (χ3n) is 5.69. The maximum atomic E-state index is 11.0. The van der Waals surface area contributed by atoms with Crippen LogP contribution in [0, 0.1) is 0 Å². The fourth-order valence-electron chi connectivity index (χ4n) is 3.88. The maximum Gasteiger partial charge on any atom is 0.295 e. The van der Waals surface area contributed by atoms with E-state index in [0.29, 0.717) is 5.39 Å². The number of benzene rings is 3. The zero-order valence-corrected chi connectivity index (χ0v) is 20.2. The summed E-state index contributed by atoms with van der Waals surface area (Å²) in [5, 5.41) is 1.33. The SMILES string of the molecule is CCCCCCCCCCCCc1ccccc1.O=S(=O)(O)c1cccc2ccccc12. The van der Waals surface area contributed by atoms with Crippen LogP contribution in [0.4, 0.5) is 0 Å². The van der Waals surface area contributed by atoms with E-state index < -0.39 is 10.1 Å². The Labute approximate surface area is 194 Å². The van der Waals surface area contributed by atoms with Crippen molar-refractivity contribution in [2.75, 3.05) is 0 Å². The summed E-state index contributed by atoms with van der Waals surface area (Å²) in [7, 11) is -4.13. The molecular weight excluding hydrogens is 416 g/mol. The molecule has 0 radical (unpaired) electrons. The molecule has 174 valence electrons. The summed E-state index contributed by atoms with van der Waals surface area (Å²) >= 11 is 0. The Morgan fingerprint density at radius 1 is 0.625 bits per heavy atom. The van der Waals surface area contributed by atoms with Crippen molar-refractivity contribution in [2.24, 2.45) is 0 Å². The van der Waals surface area contributed by atoms with Gasteiger partial charge in [-0.2, -0.15) is 8.42 Å². The van der Waals surface area contributed by atoms with Crippen LogP contribution in [0.3, 0.4) is 0 Å². The van der Waals surface area contributed by atoms with E-state index in [1.54, 1.807) is 30.3 Å². The lowest BCUT2D eigenvalue weighted by Crippen LogP contribution is -1.98.